The Morgan fingerprint density at radius 1 is 0.824 bits per heavy atom. The molecule has 1 aromatic heterocycles. The number of hydrogen-bond donors (Lipinski definition) is 0. The number of fused-ring (bicyclic) bond motifs is 1. The molecule has 5 rings (SSSR count). The zero-order chi connectivity index (χ0) is 23.5. The molecule has 0 amide bonds. The number of hydrogen-bond acceptors (Lipinski definition) is 5. The van der Waals surface area contributed by atoms with Gasteiger partial charge in [-0.1, -0.05) is 30.3 Å². The predicted molar refractivity (Wildman–Crippen MR) is 142 cm³/mol. The highest BCUT2D eigenvalue weighted by Gasteiger charge is 2.27. The first-order chi connectivity index (χ1) is 16.6. The third kappa shape index (κ3) is 5.26. The molecule has 0 N–H and O–H groups in total. The summed E-state index contributed by atoms with van der Waals surface area (Å²) in [7, 11) is 0. The molecule has 0 atom stereocenters. The van der Waals surface area contributed by atoms with E-state index in [1.54, 1.807) is 0 Å². The highest BCUT2D eigenvalue weighted by atomic mass is 15.3. The van der Waals surface area contributed by atoms with Gasteiger partial charge in [0, 0.05) is 44.2 Å². The minimum atomic E-state index is 0.720. The fourth-order valence-corrected chi connectivity index (χ4v) is 5.61. The van der Waals surface area contributed by atoms with Gasteiger partial charge in [-0.3, -0.25) is 4.90 Å². The van der Waals surface area contributed by atoms with E-state index in [0.717, 1.165) is 49.3 Å². The lowest BCUT2D eigenvalue weighted by Gasteiger charge is -2.38. The number of rotatable bonds is 5. The maximum Gasteiger partial charge on any atom is 0.226 e. The topological polar surface area (TPSA) is 35.5 Å². The van der Waals surface area contributed by atoms with Crippen LogP contribution < -0.4 is 4.90 Å². The van der Waals surface area contributed by atoms with E-state index in [2.05, 4.69) is 77.9 Å². The summed E-state index contributed by atoms with van der Waals surface area (Å²) in [5.41, 5.74) is 6.23. The van der Waals surface area contributed by atoms with Gasteiger partial charge in [0.25, 0.3) is 0 Å². The Bertz CT molecular complexity index is 1100. The number of aromatic nitrogens is 2. The standard InChI is InChI=1S/C29H39N5/c1-22-20-27-24(3)30-29(31-28(27)21-23(22)2)34-14-7-13-33(18-19-34)26-11-16-32(17-12-26)15-10-25-8-5-4-6-9-25/h4-6,8-9,20-21,26H,7,10-19H2,1-3H3. The predicted octanol–water partition coefficient (Wildman–Crippen LogP) is 4.77. The molecule has 0 radical (unpaired) electrons. The molecule has 0 bridgehead atoms. The smallest absolute Gasteiger partial charge is 0.226 e. The van der Waals surface area contributed by atoms with E-state index in [0.29, 0.717) is 0 Å². The number of anilines is 1. The molecule has 5 nitrogen and oxygen atoms in total. The molecular weight excluding hydrogens is 418 g/mol. The van der Waals surface area contributed by atoms with Crippen LogP contribution in [0.15, 0.2) is 42.5 Å². The van der Waals surface area contributed by atoms with Gasteiger partial charge < -0.3 is 9.80 Å². The Morgan fingerprint density at radius 3 is 2.38 bits per heavy atom. The Morgan fingerprint density at radius 2 is 1.59 bits per heavy atom. The summed E-state index contributed by atoms with van der Waals surface area (Å²) in [5, 5.41) is 1.18. The van der Waals surface area contributed by atoms with Gasteiger partial charge in [-0.2, -0.15) is 0 Å². The summed E-state index contributed by atoms with van der Waals surface area (Å²) < 4.78 is 0. The van der Waals surface area contributed by atoms with Gasteiger partial charge >= 0.3 is 0 Å². The SMILES string of the molecule is Cc1cc2nc(N3CCCN(C4CCN(CCc5ccccc5)CC4)CC3)nc(C)c2cc1C. The number of likely N-dealkylation sites (tertiary alicyclic amines) is 1. The second kappa shape index (κ2) is 10.4. The van der Waals surface area contributed by atoms with Gasteiger partial charge in [-0.25, -0.2) is 9.97 Å². The fourth-order valence-electron chi connectivity index (χ4n) is 5.61. The van der Waals surface area contributed by atoms with E-state index >= 15 is 0 Å². The largest absolute Gasteiger partial charge is 0.339 e. The molecule has 2 aliphatic heterocycles. The Balaban J connectivity index is 1.17. The van der Waals surface area contributed by atoms with Crippen molar-refractivity contribution >= 4 is 16.9 Å². The highest BCUT2D eigenvalue weighted by Crippen LogP contribution is 2.24. The van der Waals surface area contributed by atoms with E-state index in [-0.39, 0.29) is 0 Å². The van der Waals surface area contributed by atoms with Crippen molar-refractivity contribution in [3.8, 4) is 0 Å². The van der Waals surface area contributed by atoms with Gasteiger partial charge in [0.05, 0.1) is 11.2 Å². The minimum absolute atomic E-state index is 0.720. The van der Waals surface area contributed by atoms with E-state index in [1.807, 2.05) is 0 Å². The monoisotopic (exact) mass is 457 g/mol. The van der Waals surface area contributed by atoms with E-state index in [1.165, 1.54) is 67.5 Å². The van der Waals surface area contributed by atoms with Crippen molar-refractivity contribution in [2.75, 3.05) is 50.7 Å². The average Bonchev–Trinajstić information content (AvgIpc) is 3.11. The zero-order valence-corrected chi connectivity index (χ0v) is 21.1. The van der Waals surface area contributed by atoms with Crippen LogP contribution in [0.2, 0.25) is 0 Å². The summed E-state index contributed by atoms with van der Waals surface area (Å²) in [4.78, 5) is 17.7. The van der Waals surface area contributed by atoms with Crippen LogP contribution in [0.4, 0.5) is 5.95 Å². The van der Waals surface area contributed by atoms with Gasteiger partial charge in [0.15, 0.2) is 0 Å². The molecule has 3 heterocycles. The first-order valence-electron chi connectivity index (χ1n) is 13.1. The second-order valence-electron chi connectivity index (χ2n) is 10.2. The molecule has 3 aromatic rings. The number of aryl methyl sites for hydroxylation is 3. The van der Waals surface area contributed by atoms with Crippen molar-refractivity contribution in [2.45, 2.75) is 52.5 Å². The van der Waals surface area contributed by atoms with Gasteiger partial charge in [0.2, 0.25) is 5.95 Å². The first kappa shape index (κ1) is 23.3. The van der Waals surface area contributed by atoms with Crippen LogP contribution in [0.5, 0.6) is 0 Å². The summed E-state index contributed by atoms with van der Waals surface area (Å²) in [6, 6.07) is 16.1. The minimum Gasteiger partial charge on any atom is -0.339 e. The zero-order valence-electron chi connectivity index (χ0n) is 21.1. The summed E-state index contributed by atoms with van der Waals surface area (Å²) in [6.07, 6.45) is 4.92. The van der Waals surface area contributed by atoms with Crippen LogP contribution in [0, 0.1) is 20.8 Å². The molecule has 5 heteroatoms. The highest BCUT2D eigenvalue weighted by molar-refractivity contribution is 5.83. The molecule has 34 heavy (non-hydrogen) atoms. The van der Waals surface area contributed by atoms with Crippen molar-refractivity contribution in [1.82, 2.24) is 19.8 Å². The van der Waals surface area contributed by atoms with Crippen molar-refractivity contribution < 1.29 is 0 Å². The van der Waals surface area contributed by atoms with Gasteiger partial charge in [-0.15, -0.1) is 0 Å². The molecule has 2 aliphatic rings. The van der Waals surface area contributed by atoms with Crippen molar-refractivity contribution in [3.05, 3.63) is 64.8 Å². The van der Waals surface area contributed by atoms with E-state index < -0.39 is 0 Å². The van der Waals surface area contributed by atoms with Crippen molar-refractivity contribution in [3.63, 3.8) is 0 Å². The molecule has 0 aliphatic carbocycles. The third-order valence-corrected chi connectivity index (χ3v) is 7.94. The van der Waals surface area contributed by atoms with Gasteiger partial charge in [0.1, 0.15) is 0 Å². The molecule has 2 aromatic carbocycles. The average molecular weight is 458 g/mol. The maximum absolute atomic E-state index is 4.99. The van der Waals surface area contributed by atoms with Crippen LogP contribution >= 0.6 is 0 Å². The van der Waals surface area contributed by atoms with Crippen LogP contribution in [0.1, 0.15) is 41.6 Å². The van der Waals surface area contributed by atoms with Crippen LogP contribution in [0.3, 0.4) is 0 Å². The molecule has 0 spiro atoms. The molecule has 0 saturated carbocycles. The van der Waals surface area contributed by atoms with Crippen LogP contribution in [-0.2, 0) is 6.42 Å². The molecule has 0 unspecified atom stereocenters. The first-order valence-corrected chi connectivity index (χ1v) is 13.1. The lowest BCUT2D eigenvalue weighted by Crippen LogP contribution is -2.46. The normalized spacial score (nSPS) is 19.0. The molecule has 2 saturated heterocycles. The van der Waals surface area contributed by atoms with Crippen LogP contribution in [-0.4, -0.2) is 71.6 Å². The van der Waals surface area contributed by atoms with E-state index in [4.69, 9.17) is 9.97 Å². The second-order valence-corrected chi connectivity index (χ2v) is 10.2. The Labute approximate surface area is 204 Å². The Kier molecular flexibility index (Phi) is 7.12. The number of piperidine rings is 1. The number of nitrogens with zero attached hydrogens (tertiary/aromatic N) is 5. The summed E-state index contributed by atoms with van der Waals surface area (Å²) in [5.74, 6) is 0.908. The van der Waals surface area contributed by atoms with E-state index in [9.17, 15) is 0 Å². The Hall–Kier alpha value is -2.50. The molecular formula is C29H39N5. The molecule has 2 fully saturated rings. The molecule has 180 valence electrons. The van der Waals surface area contributed by atoms with Gasteiger partial charge in [-0.05, 0) is 88.4 Å². The van der Waals surface area contributed by atoms with Crippen molar-refractivity contribution in [1.29, 1.82) is 0 Å². The number of benzene rings is 2. The quantitative estimate of drug-likeness (QED) is 0.551. The van der Waals surface area contributed by atoms with Crippen LogP contribution in [0.25, 0.3) is 10.9 Å². The lowest BCUT2D eigenvalue weighted by atomic mass is 10.0. The summed E-state index contributed by atoms with van der Waals surface area (Å²) >= 11 is 0. The third-order valence-electron chi connectivity index (χ3n) is 7.94. The summed E-state index contributed by atoms with van der Waals surface area (Å²) in [6.45, 7) is 14.5. The lowest BCUT2D eigenvalue weighted by molar-refractivity contribution is 0.114. The maximum atomic E-state index is 4.99. The van der Waals surface area contributed by atoms with Crippen molar-refractivity contribution in [2.24, 2.45) is 0 Å². The fraction of sp³-hybridized carbons (Fsp3) is 0.517.